The van der Waals surface area contributed by atoms with Gasteiger partial charge in [0.25, 0.3) is 0 Å². The molecule has 1 fully saturated rings. The first-order valence-corrected chi connectivity index (χ1v) is 5.82. The Labute approximate surface area is 99.8 Å². The lowest BCUT2D eigenvalue weighted by atomic mass is 10.0. The Bertz CT molecular complexity index is 410. The van der Waals surface area contributed by atoms with E-state index in [9.17, 15) is 9.18 Å². The highest BCUT2D eigenvalue weighted by molar-refractivity contribution is 5.89. The van der Waals surface area contributed by atoms with E-state index in [1.807, 2.05) is 0 Å². The van der Waals surface area contributed by atoms with Crippen molar-refractivity contribution in [2.75, 3.05) is 18.4 Å². The number of urea groups is 1. The second kappa shape index (κ2) is 5.12. The van der Waals surface area contributed by atoms with E-state index in [0.717, 1.165) is 32.1 Å². The summed E-state index contributed by atoms with van der Waals surface area (Å²) in [5, 5.41) is 2.57. The molecule has 2 heterocycles. The molecule has 1 aliphatic rings. The molecule has 0 spiro atoms. The standard InChI is InChI=1S/C12H16FN3O/c1-9-3-2-6-16(8-9)12(17)15-11-4-5-14-7-10(11)13/h4-5,7,9H,2-3,6,8H2,1H3,(H,14,15,17). The number of piperidine rings is 1. The first-order chi connectivity index (χ1) is 8.16. The van der Waals surface area contributed by atoms with Gasteiger partial charge in [-0.1, -0.05) is 6.92 Å². The van der Waals surface area contributed by atoms with E-state index in [0.29, 0.717) is 5.92 Å². The molecule has 1 saturated heterocycles. The molecule has 0 saturated carbocycles. The van der Waals surface area contributed by atoms with Crippen LogP contribution in [0.5, 0.6) is 0 Å². The van der Waals surface area contributed by atoms with Crippen LogP contribution in [0, 0.1) is 11.7 Å². The van der Waals surface area contributed by atoms with Crippen LogP contribution in [-0.4, -0.2) is 29.0 Å². The fraction of sp³-hybridized carbons (Fsp3) is 0.500. The number of carbonyl (C=O) groups excluding carboxylic acids is 1. The maximum Gasteiger partial charge on any atom is 0.321 e. The maximum atomic E-state index is 13.3. The monoisotopic (exact) mass is 237 g/mol. The molecule has 0 aliphatic carbocycles. The SMILES string of the molecule is CC1CCCN(C(=O)Nc2ccncc2F)C1. The zero-order chi connectivity index (χ0) is 12.3. The summed E-state index contributed by atoms with van der Waals surface area (Å²) in [6, 6.07) is 1.22. The molecule has 2 amide bonds. The van der Waals surface area contributed by atoms with Crippen molar-refractivity contribution >= 4 is 11.7 Å². The summed E-state index contributed by atoms with van der Waals surface area (Å²) in [5.41, 5.74) is 0.184. The molecule has 1 aliphatic heterocycles. The van der Waals surface area contributed by atoms with Crippen molar-refractivity contribution in [3.8, 4) is 0 Å². The van der Waals surface area contributed by atoms with Gasteiger partial charge in [0.05, 0.1) is 11.9 Å². The smallest absolute Gasteiger partial charge is 0.321 e. The zero-order valence-electron chi connectivity index (χ0n) is 9.82. The van der Waals surface area contributed by atoms with Crippen molar-refractivity contribution in [2.24, 2.45) is 5.92 Å². The van der Waals surface area contributed by atoms with E-state index in [1.54, 1.807) is 4.90 Å². The van der Waals surface area contributed by atoms with E-state index in [-0.39, 0.29) is 11.7 Å². The first kappa shape index (κ1) is 11.8. The average molecular weight is 237 g/mol. The minimum Gasteiger partial charge on any atom is -0.324 e. The lowest BCUT2D eigenvalue weighted by molar-refractivity contribution is 0.182. The van der Waals surface area contributed by atoms with E-state index in [4.69, 9.17) is 0 Å². The second-order valence-electron chi connectivity index (χ2n) is 4.48. The largest absolute Gasteiger partial charge is 0.324 e. The topological polar surface area (TPSA) is 45.2 Å². The number of anilines is 1. The Morgan fingerprint density at radius 3 is 3.18 bits per heavy atom. The summed E-state index contributed by atoms with van der Waals surface area (Å²) >= 11 is 0. The highest BCUT2D eigenvalue weighted by atomic mass is 19.1. The van der Waals surface area contributed by atoms with Gasteiger partial charge in [-0.25, -0.2) is 9.18 Å². The van der Waals surface area contributed by atoms with Crippen molar-refractivity contribution in [2.45, 2.75) is 19.8 Å². The number of pyridine rings is 1. The molecule has 1 unspecified atom stereocenters. The highest BCUT2D eigenvalue weighted by Gasteiger charge is 2.21. The molecule has 1 N–H and O–H groups in total. The Hall–Kier alpha value is -1.65. The summed E-state index contributed by atoms with van der Waals surface area (Å²) in [7, 11) is 0. The van der Waals surface area contributed by atoms with Crippen LogP contribution < -0.4 is 5.32 Å². The lowest BCUT2D eigenvalue weighted by Gasteiger charge is -2.30. The summed E-state index contributed by atoms with van der Waals surface area (Å²) in [4.78, 5) is 17.3. The van der Waals surface area contributed by atoms with Gasteiger partial charge in [-0.05, 0) is 24.8 Å². The summed E-state index contributed by atoms with van der Waals surface area (Å²) < 4.78 is 13.3. The van der Waals surface area contributed by atoms with Gasteiger partial charge < -0.3 is 10.2 Å². The number of hydrogen-bond acceptors (Lipinski definition) is 2. The minimum absolute atomic E-state index is 0.184. The van der Waals surface area contributed by atoms with Crippen LogP contribution >= 0.6 is 0 Å². The van der Waals surface area contributed by atoms with Gasteiger partial charge >= 0.3 is 6.03 Å². The molecule has 5 heteroatoms. The molecule has 2 rings (SSSR count). The van der Waals surface area contributed by atoms with E-state index in [1.165, 1.54) is 12.3 Å². The normalized spacial score (nSPS) is 20.1. The molecule has 4 nitrogen and oxygen atoms in total. The Morgan fingerprint density at radius 2 is 2.47 bits per heavy atom. The molecule has 0 bridgehead atoms. The first-order valence-electron chi connectivity index (χ1n) is 5.82. The lowest BCUT2D eigenvalue weighted by Crippen LogP contribution is -2.41. The van der Waals surface area contributed by atoms with Crippen LogP contribution in [0.1, 0.15) is 19.8 Å². The molecule has 0 aromatic carbocycles. The third-order valence-electron chi connectivity index (χ3n) is 2.96. The number of aromatic nitrogens is 1. The van der Waals surface area contributed by atoms with Crippen LogP contribution in [0.2, 0.25) is 0 Å². The molecule has 1 aromatic heterocycles. The quantitative estimate of drug-likeness (QED) is 0.815. The van der Waals surface area contributed by atoms with Gasteiger partial charge in [-0.15, -0.1) is 0 Å². The number of nitrogens with one attached hydrogen (secondary N) is 1. The van der Waals surface area contributed by atoms with E-state index < -0.39 is 5.82 Å². The van der Waals surface area contributed by atoms with Crippen molar-refractivity contribution in [3.05, 3.63) is 24.3 Å². The Morgan fingerprint density at radius 1 is 1.65 bits per heavy atom. The van der Waals surface area contributed by atoms with Gasteiger partial charge in [-0.2, -0.15) is 0 Å². The van der Waals surface area contributed by atoms with Crippen LogP contribution in [0.3, 0.4) is 0 Å². The number of nitrogens with zero attached hydrogens (tertiary/aromatic N) is 2. The van der Waals surface area contributed by atoms with Crippen LogP contribution in [0.15, 0.2) is 18.5 Å². The summed E-state index contributed by atoms with van der Waals surface area (Å²) in [6.45, 7) is 3.59. The molecule has 17 heavy (non-hydrogen) atoms. The fourth-order valence-electron chi connectivity index (χ4n) is 2.04. The van der Waals surface area contributed by atoms with Crippen molar-refractivity contribution in [3.63, 3.8) is 0 Å². The fourth-order valence-corrected chi connectivity index (χ4v) is 2.04. The summed E-state index contributed by atoms with van der Waals surface area (Å²) in [6.07, 6.45) is 4.70. The second-order valence-corrected chi connectivity index (χ2v) is 4.48. The molecule has 92 valence electrons. The average Bonchev–Trinajstić information content (AvgIpc) is 2.32. The third-order valence-corrected chi connectivity index (χ3v) is 2.96. The third kappa shape index (κ3) is 2.93. The van der Waals surface area contributed by atoms with Gasteiger partial charge in [0, 0.05) is 19.3 Å². The number of likely N-dealkylation sites (tertiary alicyclic amines) is 1. The van der Waals surface area contributed by atoms with Crippen molar-refractivity contribution < 1.29 is 9.18 Å². The van der Waals surface area contributed by atoms with Gasteiger partial charge in [0.2, 0.25) is 0 Å². The van der Waals surface area contributed by atoms with E-state index in [2.05, 4.69) is 17.2 Å². The zero-order valence-corrected chi connectivity index (χ0v) is 9.82. The predicted octanol–water partition coefficient (Wildman–Crippen LogP) is 2.48. The van der Waals surface area contributed by atoms with Crippen molar-refractivity contribution in [1.29, 1.82) is 0 Å². The Kier molecular flexibility index (Phi) is 3.56. The predicted molar refractivity (Wildman–Crippen MR) is 63.2 cm³/mol. The van der Waals surface area contributed by atoms with Gasteiger partial charge in [-0.3, -0.25) is 4.98 Å². The molecular weight excluding hydrogens is 221 g/mol. The highest BCUT2D eigenvalue weighted by Crippen LogP contribution is 2.17. The Balaban J connectivity index is 1.99. The van der Waals surface area contributed by atoms with Crippen molar-refractivity contribution in [1.82, 2.24) is 9.88 Å². The number of rotatable bonds is 1. The number of hydrogen-bond donors (Lipinski definition) is 1. The number of carbonyl (C=O) groups is 1. The van der Waals surface area contributed by atoms with Gasteiger partial charge in [0.1, 0.15) is 0 Å². The minimum atomic E-state index is -0.508. The molecule has 1 atom stereocenters. The summed E-state index contributed by atoms with van der Waals surface area (Å²) in [5.74, 6) is 0.00250. The van der Waals surface area contributed by atoms with E-state index >= 15 is 0 Å². The molecule has 0 radical (unpaired) electrons. The molecular formula is C12H16FN3O. The van der Waals surface area contributed by atoms with Crippen LogP contribution in [0.4, 0.5) is 14.9 Å². The maximum absolute atomic E-state index is 13.3. The number of halogens is 1. The van der Waals surface area contributed by atoms with Crippen LogP contribution in [-0.2, 0) is 0 Å². The van der Waals surface area contributed by atoms with Gasteiger partial charge in [0.15, 0.2) is 5.82 Å². The van der Waals surface area contributed by atoms with Crippen LogP contribution in [0.25, 0.3) is 0 Å². The molecule has 1 aromatic rings. The number of amides is 2.